The molecule has 9 heteroatoms. The lowest BCUT2D eigenvalue weighted by Gasteiger charge is -2.29. The molecule has 8 nitrogen and oxygen atoms in total. The molecule has 0 N–H and O–H groups in total. The highest BCUT2D eigenvalue weighted by molar-refractivity contribution is 6.60. The van der Waals surface area contributed by atoms with Gasteiger partial charge in [0.05, 0.1) is 6.61 Å². The summed E-state index contributed by atoms with van der Waals surface area (Å²) in [5.74, 6) is -0.469. The van der Waals surface area contributed by atoms with E-state index in [4.69, 9.17) is 32.2 Å². The normalized spacial score (nSPS) is 11.5. The Morgan fingerprint density at radius 1 is 0.917 bits per heavy atom. The Kier molecular flexibility index (Phi) is 15.2. The summed E-state index contributed by atoms with van der Waals surface area (Å²) in [4.78, 5) is 11.1. The highest BCUT2D eigenvalue weighted by atomic mass is 28.4. The smallest absolute Gasteiger partial charge is 0.463 e. The first kappa shape index (κ1) is 23.2. The highest BCUT2D eigenvalue weighted by Gasteiger charge is 2.41. The van der Waals surface area contributed by atoms with Crippen molar-refractivity contribution >= 4 is 14.8 Å². The summed E-state index contributed by atoms with van der Waals surface area (Å²) in [5.41, 5.74) is 0. The average molecular weight is 366 g/mol. The lowest BCUT2D eigenvalue weighted by Crippen LogP contribution is -2.47. The SMILES string of the molecule is C=CC(=O)OCCC[Si](OCOCC)(OCOCC)OCOCC. The van der Waals surface area contributed by atoms with Crippen molar-refractivity contribution in [2.45, 2.75) is 33.2 Å². The second-order valence-corrected chi connectivity index (χ2v) is 7.16. The van der Waals surface area contributed by atoms with E-state index in [0.29, 0.717) is 32.3 Å². The predicted molar refractivity (Wildman–Crippen MR) is 89.1 cm³/mol. The third kappa shape index (κ3) is 11.7. The third-order valence-electron chi connectivity index (χ3n) is 2.74. The summed E-state index contributed by atoms with van der Waals surface area (Å²) in [6.07, 6.45) is 1.63. The van der Waals surface area contributed by atoms with Crippen LogP contribution in [0, 0.1) is 0 Å². The first-order valence-electron chi connectivity index (χ1n) is 8.08. The van der Waals surface area contributed by atoms with Gasteiger partial charge in [-0.05, 0) is 27.2 Å². The second kappa shape index (κ2) is 15.7. The molecular formula is C15H30O8Si. The number of esters is 1. The van der Waals surface area contributed by atoms with E-state index in [-0.39, 0.29) is 27.0 Å². The molecule has 0 fully saturated rings. The standard InChI is InChI=1S/C15H30O8Si/c1-5-15(16)20-10-9-11-24(21-12-17-6-2,22-13-18-7-3)23-14-19-8-4/h5H,1,6-14H2,2-4H3. The molecule has 0 radical (unpaired) electrons. The fourth-order valence-electron chi connectivity index (χ4n) is 1.51. The second-order valence-electron chi connectivity index (χ2n) is 4.42. The molecule has 0 saturated carbocycles. The van der Waals surface area contributed by atoms with Crippen LogP contribution in [0.2, 0.25) is 6.04 Å². The summed E-state index contributed by atoms with van der Waals surface area (Å²) in [5, 5.41) is 0. The molecule has 0 spiro atoms. The molecular weight excluding hydrogens is 336 g/mol. The minimum atomic E-state index is -3.08. The lowest BCUT2D eigenvalue weighted by atomic mass is 10.5. The van der Waals surface area contributed by atoms with Crippen LogP contribution in [-0.4, -0.2) is 61.6 Å². The average Bonchev–Trinajstić information content (AvgIpc) is 2.59. The molecule has 0 aromatic heterocycles. The largest absolute Gasteiger partial charge is 0.506 e. The number of hydrogen-bond acceptors (Lipinski definition) is 8. The molecule has 0 aromatic carbocycles. The molecule has 0 saturated heterocycles. The number of ether oxygens (including phenoxy) is 4. The predicted octanol–water partition coefficient (Wildman–Crippen LogP) is 2.08. The maximum Gasteiger partial charge on any atom is 0.506 e. The molecule has 0 heterocycles. The topological polar surface area (TPSA) is 81.7 Å². The Labute approximate surface area is 145 Å². The maximum atomic E-state index is 11.1. The molecule has 0 amide bonds. The number of rotatable bonds is 17. The van der Waals surface area contributed by atoms with Crippen molar-refractivity contribution < 1.29 is 37.0 Å². The Morgan fingerprint density at radius 2 is 1.38 bits per heavy atom. The fourth-order valence-corrected chi connectivity index (χ4v) is 3.56. The Balaban J connectivity index is 4.64. The van der Waals surface area contributed by atoms with Crippen LogP contribution < -0.4 is 0 Å². The maximum absolute atomic E-state index is 11.1. The van der Waals surface area contributed by atoms with Gasteiger partial charge in [-0.25, -0.2) is 4.79 Å². The Hall–Kier alpha value is -0.813. The molecule has 0 aliphatic rings. The molecule has 0 aromatic rings. The molecule has 0 aliphatic heterocycles. The van der Waals surface area contributed by atoms with E-state index in [1.54, 1.807) is 0 Å². The van der Waals surface area contributed by atoms with Gasteiger partial charge in [0.25, 0.3) is 0 Å². The van der Waals surface area contributed by atoms with Gasteiger partial charge in [-0.3, -0.25) is 0 Å². The molecule has 142 valence electrons. The number of hydrogen-bond donors (Lipinski definition) is 0. The van der Waals surface area contributed by atoms with E-state index in [2.05, 4.69) is 6.58 Å². The zero-order valence-electron chi connectivity index (χ0n) is 14.9. The van der Waals surface area contributed by atoms with Gasteiger partial charge < -0.3 is 32.2 Å². The zero-order valence-corrected chi connectivity index (χ0v) is 15.9. The van der Waals surface area contributed by atoms with Gasteiger partial charge in [0.15, 0.2) is 0 Å². The van der Waals surface area contributed by atoms with Crippen LogP contribution in [-0.2, 0) is 37.0 Å². The zero-order chi connectivity index (χ0) is 18.1. The molecule has 0 aliphatic carbocycles. The van der Waals surface area contributed by atoms with Crippen LogP contribution in [0.3, 0.4) is 0 Å². The Bertz CT molecular complexity index is 300. The first-order valence-corrected chi connectivity index (χ1v) is 10.0. The van der Waals surface area contributed by atoms with E-state index in [9.17, 15) is 4.79 Å². The van der Waals surface area contributed by atoms with Gasteiger partial charge in [0, 0.05) is 31.9 Å². The van der Waals surface area contributed by atoms with Crippen LogP contribution in [0.25, 0.3) is 0 Å². The van der Waals surface area contributed by atoms with E-state index < -0.39 is 14.8 Å². The highest BCUT2D eigenvalue weighted by Crippen LogP contribution is 2.19. The van der Waals surface area contributed by atoms with Crippen molar-refractivity contribution in [3.63, 3.8) is 0 Å². The van der Waals surface area contributed by atoms with Crippen molar-refractivity contribution in [3.05, 3.63) is 12.7 Å². The molecule has 0 atom stereocenters. The van der Waals surface area contributed by atoms with Crippen molar-refractivity contribution in [1.82, 2.24) is 0 Å². The van der Waals surface area contributed by atoms with Crippen molar-refractivity contribution in [1.29, 1.82) is 0 Å². The van der Waals surface area contributed by atoms with E-state index in [0.717, 1.165) is 6.08 Å². The molecule has 0 unspecified atom stereocenters. The van der Waals surface area contributed by atoms with Crippen molar-refractivity contribution in [3.8, 4) is 0 Å². The van der Waals surface area contributed by atoms with E-state index in [1.165, 1.54) is 0 Å². The minimum absolute atomic E-state index is 0.0490. The summed E-state index contributed by atoms with van der Waals surface area (Å²) in [6.45, 7) is 10.8. The number of carbonyl (C=O) groups is 1. The van der Waals surface area contributed by atoms with Gasteiger partial charge in [-0.15, -0.1) is 0 Å². The van der Waals surface area contributed by atoms with Crippen LogP contribution in [0.4, 0.5) is 0 Å². The van der Waals surface area contributed by atoms with E-state index in [1.807, 2.05) is 20.8 Å². The van der Waals surface area contributed by atoms with E-state index >= 15 is 0 Å². The van der Waals surface area contributed by atoms with Crippen LogP contribution in [0.15, 0.2) is 12.7 Å². The summed E-state index contributed by atoms with van der Waals surface area (Å²) >= 11 is 0. The Morgan fingerprint density at radius 3 is 1.75 bits per heavy atom. The summed E-state index contributed by atoms with van der Waals surface area (Å²) < 4.78 is 37.9. The quantitative estimate of drug-likeness (QED) is 0.127. The van der Waals surface area contributed by atoms with Crippen LogP contribution in [0.1, 0.15) is 27.2 Å². The third-order valence-corrected chi connectivity index (χ3v) is 5.38. The van der Waals surface area contributed by atoms with Gasteiger partial charge in [0.2, 0.25) is 0 Å². The fraction of sp³-hybridized carbons (Fsp3) is 0.800. The van der Waals surface area contributed by atoms with Crippen molar-refractivity contribution in [2.75, 3.05) is 46.8 Å². The van der Waals surface area contributed by atoms with Crippen molar-refractivity contribution in [2.24, 2.45) is 0 Å². The van der Waals surface area contributed by atoms with Crippen LogP contribution in [0.5, 0.6) is 0 Å². The van der Waals surface area contributed by atoms with Gasteiger partial charge in [0.1, 0.15) is 20.4 Å². The van der Waals surface area contributed by atoms with Gasteiger partial charge >= 0.3 is 14.8 Å². The lowest BCUT2D eigenvalue weighted by molar-refractivity contribution is -0.138. The summed E-state index contributed by atoms with van der Waals surface area (Å²) in [6, 6.07) is 0.435. The summed E-state index contributed by atoms with van der Waals surface area (Å²) in [7, 11) is -3.08. The molecule has 0 bridgehead atoms. The minimum Gasteiger partial charge on any atom is -0.463 e. The first-order chi connectivity index (χ1) is 11.6. The monoisotopic (exact) mass is 366 g/mol. The van der Waals surface area contributed by atoms with Crippen LogP contribution >= 0.6 is 0 Å². The molecule has 0 rings (SSSR count). The number of carbonyl (C=O) groups excluding carboxylic acids is 1. The van der Waals surface area contributed by atoms with Gasteiger partial charge in [-0.2, -0.15) is 0 Å². The molecule has 24 heavy (non-hydrogen) atoms. The van der Waals surface area contributed by atoms with Gasteiger partial charge in [-0.1, -0.05) is 6.58 Å².